The Hall–Kier alpha value is -1.72. The average molecular weight is 212 g/mol. The fourth-order valence-electron chi connectivity index (χ4n) is 0.975. The van der Waals surface area contributed by atoms with E-state index in [2.05, 4.69) is 15.3 Å². The summed E-state index contributed by atoms with van der Waals surface area (Å²) in [6, 6.07) is 1.33. The summed E-state index contributed by atoms with van der Waals surface area (Å²) in [5, 5.41) is 17.8. The van der Waals surface area contributed by atoms with Gasteiger partial charge in [-0.05, 0) is 27.9 Å². The number of carboxylic acid groups (broad SMARTS) is 1. The molecule has 1 atom stereocenters. The molecule has 1 heterocycles. The molecule has 0 saturated carbocycles. The van der Waals surface area contributed by atoms with Crippen molar-refractivity contribution in [1.29, 1.82) is 0 Å². The molecule has 0 radical (unpaired) electrons. The third-order valence-electron chi connectivity index (χ3n) is 1.57. The van der Waals surface area contributed by atoms with Gasteiger partial charge < -0.3 is 10.4 Å². The van der Waals surface area contributed by atoms with E-state index in [9.17, 15) is 4.79 Å². The monoisotopic (exact) mass is 212 g/mol. The summed E-state index contributed by atoms with van der Waals surface area (Å²) in [6.07, 6.45) is -1.13. The van der Waals surface area contributed by atoms with Gasteiger partial charge in [0.1, 0.15) is 0 Å². The first-order valence-electron chi connectivity index (χ1n) is 3.76. The number of rotatable bonds is 4. The molecule has 0 aliphatic carbocycles. The zero-order valence-corrected chi connectivity index (χ0v) is 7.94. The van der Waals surface area contributed by atoms with Gasteiger partial charge in [0.05, 0.1) is 12.6 Å². The first kappa shape index (κ1) is 10.4. The molecule has 0 spiro atoms. The van der Waals surface area contributed by atoms with Gasteiger partial charge in [0, 0.05) is 4.91 Å². The topological polar surface area (TPSA) is 98.1 Å². The molecular weight excluding hydrogens is 204 g/mol. The van der Waals surface area contributed by atoms with Gasteiger partial charge in [0.25, 0.3) is 0 Å². The Kier molecular flexibility index (Phi) is 3.78. The Morgan fingerprint density at radius 2 is 2.64 bits per heavy atom. The second kappa shape index (κ2) is 5.11. The Labute approximate surface area is 83.8 Å². The van der Waals surface area contributed by atoms with Crippen molar-refractivity contribution >= 4 is 17.4 Å². The number of azide groups is 1. The Balaban J connectivity index is 2.71. The van der Waals surface area contributed by atoms with Crippen LogP contribution in [0.2, 0.25) is 0 Å². The Morgan fingerprint density at radius 3 is 3.14 bits per heavy atom. The third kappa shape index (κ3) is 2.96. The van der Waals surface area contributed by atoms with Gasteiger partial charge in [-0.1, -0.05) is 5.11 Å². The molecule has 0 fully saturated rings. The number of nitrogens with zero attached hydrogens (tertiary/aromatic N) is 3. The smallest absolute Gasteiger partial charge is 0.405 e. The molecule has 0 bridgehead atoms. The van der Waals surface area contributed by atoms with Crippen molar-refractivity contribution in [3.63, 3.8) is 0 Å². The third-order valence-corrected chi connectivity index (χ3v) is 2.27. The minimum Gasteiger partial charge on any atom is -0.465 e. The number of nitrogens with one attached hydrogen (secondary N) is 1. The van der Waals surface area contributed by atoms with Gasteiger partial charge in [-0.3, -0.25) is 0 Å². The van der Waals surface area contributed by atoms with E-state index in [0.29, 0.717) is 0 Å². The van der Waals surface area contributed by atoms with Gasteiger partial charge >= 0.3 is 6.09 Å². The molecule has 1 amide bonds. The number of hydrogen-bond donors (Lipinski definition) is 2. The molecule has 0 aliphatic heterocycles. The molecule has 14 heavy (non-hydrogen) atoms. The molecule has 7 heteroatoms. The van der Waals surface area contributed by atoms with Gasteiger partial charge in [-0.25, -0.2) is 4.79 Å². The van der Waals surface area contributed by atoms with E-state index in [1.807, 2.05) is 10.8 Å². The molecule has 0 aromatic carbocycles. The lowest BCUT2D eigenvalue weighted by Gasteiger charge is -2.12. The highest BCUT2D eigenvalue weighted by Crippen LogP contribution is 2.16. The maximum Gasteiger partial charge on any atom is 0.405 e. The normalized spacial score (nSPS) is 11.4. The standard InChI is InChI=1S/C7H8N4O2S/c8-11-9-3-6(10-7(12)13)5-1-2-14-4-5/h1-2,4,6,10H,3H2,(H,12,13)/t6-/m1/s1. The van der Waals surface area contributed by atoms with Crippen LogP contribution in [0.3, 0.4) is 0 Å². The second-order valence-corrected chi connectivity index (χ2v) is 3.25. The molecule has 2 N–H and O–H groups in total. The zero-order chi connectivity index (χ0) is 10.4. The minimum absolute atomic E-state index is 0.0829. The van der Waals surface area contributed by atoms with Gasteiger partial charge in [-0.2, -0.15) is 11.3 Å². The summed E-state index contributed by atoms with van der Waals surface area (Å²) in [7, 11) is 0. The lowest BCUT2D eigenvalue weighted by Crippen LogP contribution is -2.28. The van der Waals surface area contributed by atoms with E-state index in [-0.39, 0.29) is 6.54 Å². The molecule has 6 nitrogen and oxygen atoms in total. The molecule has 1 aromatic heterocycles. The number of amides is 1. The quantitative estimate of drug-likeness (QED) is 0.455. The van der Waals surface area contributed by atoms with Crippen molar-refractivity contribution in [3.05, 3.63) is 32.8 Å². The van der Waals surface area contributed by atoms with Crippen molar-refractivity contribution < 1.29 is 9.90 Å². The van der Waals surface area contributed by atoms with E-state index in [1.54, 1.807) is 6.07 Å². The highest BCUT2D eigenvalue weighted by atomic mass is 32.1. The zero-order valence-electron chi connectivity index (χ0n) is 7.12. The summed E-state index contributed by atoms with van der Waals surface area (Å²) >= 11 is 1.46. The van der Waals surface area contributed by atoms with Crippen LogP contribution < -0.4 is 5.32 Å². The molecule has 1 rings (SSSR count). The van der Waals surface area contributed by atoms with E-state index < -0.39 is 12.1 Å². The number of thiophene rings is 1. The summed E-state index contributed by atoms with van der Waals surface area (Å²) in [5.41, 5.74) is 8.94. The van der Waals surface area contributed by atoms with Crippen molar-refractivity contribution in [2.24, 2.45) is 5.11 Å². The fourth-order valence-corrected chi connectivity index (χ4v) is 1.69. The lowest BCUT2D eigenvalue weighted by atomic mass is 10.1. The van der Waals surface area contributed by atoms with Crippen LogP contribution in [-0.4, -0.2) is 17.7 Å². The van der Waals surface area contributed by atoms with Crippen LogP contribution in [-0.2, 0) is 0 Å². The molecule has 1 aromatic rings. The minimum atomic E-state index is -1.13. The predicted molar refractivity (Wildman–Crippen MR) is 52.2 cm³/mol. The summed E-state index contributed by atoms with van der Waals surface area (Å²) in [5.74, 6) is 0. The highest BCUT2D eigenvalue weighted by molar-refractivity contribution is 7.07. The van der Waals surface area contributed by atoms with Crippen LogP contribution in [0.15, 0.2) is 21.9 Å². The van der Waals surface area contributed by atoms with Gasteiger partial charge in [-0.15, -0.1) is 0 Å². The van der Waals surface area contributed by atoms with E-state index in [4.69, 9.17) is 10.6 Å². The predicted octanol–water partition coefficient (Wildman–Crippen LogP) is 2.37. The van der Waals surface area contributed by atoms with Crippen molar-refractivity contribution in [3.8, 4) is 0 Å². The first-order valence-corrected chi connectivity index (χ1v) is 4.70. The van der Waals surface area contributed by atoms with Crippen LogP contribution in [0, 0.1) is 0 Å². The average Bonchev–Trinajstić information content (AvgIpc) is 2.64. The summed E-state index contributed by atoms with van der Waals surface area (Å²) in [6.45, 7) is 0.0829. The SMILES string of the molecule is [N-]=[N+]=NC[C@@H](NC(=O)O)c1ccsc1. The first-order chi connectivity index (χ1) is 6.74. The maximum absolute atomic E-state index is 10.4. The second-order valence-electron chi connectivity index (χ2n) is 2.47. The number of hydrogen-bond acceptors (Lipinski definition) is 3. The lowest BCUT2D eigenvalue weighted by molar-refractivity contribution is 0.190. The number of carbonyl (C=O) groups is 1. The van der Waals surface area contributed by atoms with Crippen molar-refractivity contribution in [2.45, 2.75) is 6.04 Å². The van der Waals surface area contributed by atoms with Crippen LogP contribution in [0.25, 0.3) is 10.4 Å². The van der Waals surface area contributed by atoms with Crippen LogP contribution in [0.4, 0.5) is 4.79 Å². The van der Waals surface area contributed by atoms with Crippen molar-refractivity contribution in [2.75, 3.05) is 6.54 Å². The molecule has 0 aliphatic rings. The highest BCUT2D eigenvalue weighted by Gasteiger charge is 2.12. The summed E-state index contributed by atoms with van der Waals surface area (Å²) in [4.78, 5) is 13.0. The molecule has 0 saturated heterocycles. The van der Waals surface area contributed by atoms with Gasteiger partial charge in [0.2, 0.25) is 0 Å². The molecule has 74 valence electrons. The van der Waals surface area contributed by atoms with E-state index in [0.717, 1.165) is 5.56 Å². The summed E-state index contributed by atoms with van der Waals surface area (Å²) < 4.78 is 0. The molecule has 0 unspecified atom stereocenters. The van der Waals surface area contributed by atoms with Crippen LogP contribution in [0.1, 0.15) is 11.6 Å². The van der Waals surface area contributed by atoms with E-state index >= 15 is 0 Å². The molecular formula is C7H8N4O2S. The largest absolute Gasteiger partial charge is 0.465 e. The van der Waals surface area contributed by atoms with Gasteiger partial charge in [0.15, 0.2) is 0 Å². The fraction of sp³-hybridized carbons (Fsp3) is 0.286. The Morgan fingerprint density at radius 1 is 1.86 bits per heavy atom. The van der Waals surface area contributed by atoms with E-state index in [1.165, 1.54) is 11.3 Å². The van der Waals surface area contributed by atoms with Crippen LogP contribution in [0.5, 0.6) is 0 Å². The Bertz CT molecular complexity index is 341. The van der Waals surface area contributed by atoms with Crippen molar-refractivity contribution in [1.82, 2.24) is 5.32 Å². The van der Waals surface area contributed by atoms with Crippen LogP contribution >= 0.6 is 11.3 Å². The maximum atomic E-state index is 10.4.